The van der Waals surface area contributed by atoms with Crippen LogP contribution in [0.5, 0.6) is 0 Å². The van der Waals surface area contributed by atoms with Crippen molar-refractivity contribution in [3.05, 3.63) is 63.5 Å². The Bertz CT molecular complexity index is 1110. The molecular formula is C18H17ClF3N3O4S. The van der Waals surface area contributed by atoms with Gasteiger partial charge in [-0.05, 0) is 24.3 Å². The van der Waals surface area contributed by atoms with Crippen LogP contribution in [0.25, 0.3) is 0 Å². The molecule has 12 heteroatoms. The van der Waals surface area contributed by atoms with Gasteiger partial charge < -0.3 is 9.47 Å². The number of nitrogens with zero attached hydrogens (tertiary/aromatic N) is 3. The number of alkyl halides is 3. The normalized spacial score (nSPS) is 15.9. The molecule has 2 aromatic rings. The quantitative estimate of drug-likeness (QED) is 0.695. The molecule has 2 heterocycles. The van der Waals surface area contributed by atoms with Gasteiger partial charge in [0.15, 0.2) is 0 Å². The van der Waals surface area contributed by atoms with Gasteiger partial charge in [-0.1, -0.05) is 17.7 Å². The molecular weight excluding hydrogens is 447 g/mol. The van der Waals surface area contributed by atoms with Gasteiger partial charge in [0.2, 0.25) is 15.9 Å². The summed E-state index contributed by atoms with van der Waals surface area (Å²) < 4.78 is 65.8. The van der Waals surface area contributed by atoms with Crippen molar-refractivity contribution < 1.29 is 26.4 Å². The maximum Gasteiger partial charge on any atom is 0.417 e. The number of piperazine rings is 1. The van der Waals surface area contributed by atoms with E-state index in [1.165, 1.54) is 27.4 Å². The van der Waals surface area contributed by atoms with Gasteiger partial charge in [0.1, 0.15) is 6.54 Å². The molecule has 1 amide bonds. The predicted octanol–water partition coefficient (Wildman–Crippen LogP) is 2.05. The molecule has 3 rings (SSSR count). The van der Waals surface area contributed by atoms with Gasteiger partial charge in [-0.3, -0.25) is 9.59 Å². The number of rotatable bonds is 4. The Balaban J connectivity index is 1.67. The molecule has 1 aliphatic heterocycles. The van der Waals surface area contributed by atoms with Gasteiger partial charge in [0.25, 0.3) is 5.56 Å². The summed E-state index contributed by atoms with van der Waals surface area (Å²) in [5, 5.41) is 0.274. The van der Waals surface area contributed by atoms with E-state index in [1.807, 2.05) is 0 Å². The summed E-state index contributed by atoms with van der Waals surface area (Å²) in [6, 6.07) is 7.22. The third-order valence-electron chi connectivity index (χ3n) is 4.64. The third kappa shape index (κ3) is 4.85. The third-order valence-corrected chi connectivity index (χ3v) is 6.77. The zero-order chi connectivity index (χ0) is 22.1. The fourth-order valence-electron chi connectivity index (χ4n) is 3.02. The summed E-state index contributed by atoms with van der Waals surface area (Å²) >= 11 is 5.85. The second-order valence-electron chi connectivity index (χ2n) is 6.62. The van der Waals surface area contributed by atoms with E-state index in [0.717, 1.165) is 6.07 Å². The first-order valence-corrected chi connectivity index (χ1v) is 10.6. The summed E-state index contributed by atoms with van der Waals surface area (Å²) in [7, 11) is -3.79. The van der Waals surface area contributed by atoms with Crippen molar-refractivity contribution in [3.8, 4) is 0 Å². The van der Waals surface area contributed by atoms with Crippen LogP contribution in [-0.2, 0) is 27.5 Å². The molecule has 162 valence electrons. The molecule has 1 aromatic carbocycles. The molecule has 0 bridgehead atoms. The molecule has 0 saturated carbocycles. The van der Waals surface area contributed by atoms with Crippen molar-refractivity contribution in [1.82, 2.24) is 13.8 Å². The lowest BCUT2D eigenvalue weighted by molar-refractivity contribution is -0.139. The molecule has 30 heavy (non-hydrogen) atoms. The van der Waals surface area contributed by atoms with Crippen molar-refractivity contribution in [2.45, 2.75) is 17.6 Å². The number of benzene rings is 1. The number of carbonyl (C=O) groups is 1. The maximum atomic E-state index is 12.8. The van der Waals surface area contributed by atoms with Crippen molar-refractivity contribution in [1.29, 1.82) is 0 Å². The number of sulfonamides is 1. The van der Waals surface area contributed by atoms with Crippen LogP contribution in [0.1, 0.15) is 5.56 Å². The first-order valence-electron chi connectivity index (χ1n) is 8.80. The number of pyridine rings is 1. The Labute approximate surface area is 175 Å². The second kappa shape index (κ2) is 8.40. The Morgan fingerprint density at radius 3 is 2.33 bits per heavy atom. The van der Waals surface area contributed by atoms with Crippen LogP contribution in [0.4, 0.5) is 13.2 Å². The van der Waals surface area contributed by atoms with E-state index in [0.29, 0.717) is 16.8 Å². The monoisotopic (exact) mass is 463 g/mol. The average Bonchev–Trinajstić information content (AvgIpc) is 2.69. The molecule has 0 aliphatic carbocycles. The molecule has 1 aliphatic rings. The van der Waals surface area contributed by atoms with E-state index in [-0.39, 0.29) is 36.1 Å². The first kappa shape index (κ1) is 22.3. The largest absolute Gasteiger partial charge is 0.417 e. The van der Waals surface area contributed by atoms with Crippen LogP contribution < -0.4 is 5.56 Å². The lowest BCUT2D eigenvalue weighted by Gasteiger charge is -2.34. The summed E-state index contributed by atoms with van der Waals surface area (Å²) in [6.45, 7) is -0.446. The van der Waals surface area contributed by atoms with Crippen LogP contribution in [0, 0.1) is 0 Å². The molecule has 1 saturated heterocycles. The van der Waals surface area contributed by atoms with Gasteiger partial charge in [-0.2, -0.15) is 17.5 Å². The molecule has 0 unspecified atom stereocenters. The SMILES string of the molecule is O=C(Cn1cc(C(F)(F)F)ccc1=O)N1CCN(S(=O)(=O)c2cccc(Cl)c2)CC1. The fraction of sp³-hybridized carbons (Fsp3) is 0.333. The maximum absolute atomic E-state index is 12.8. The number of halogens is 4. The first-order chi connectivity index (χ1) is 14.0. The zero-order valence-corrected chi connectivity index (χ0v) is 17.0. The lowest BCUT2D eigenvalue weighted by atomic mass is 10.2. The topological polar surface area (TPSA) is 79.7 Å². The Morgan fingerprint density at radius 1 is 1.07 bits per heavy atom. The van der Waals surface area contributed by atoms with E-state index in [1.54, 1.807) is 6.07 Å². The van der Waals surface area contributed by atoms with E-state index in [2.05, 4.69) is 0 Å². The summed E-state index contributed by atoms with van der Waals surface area (Å²) in [6.07, 6.45) is -4.04. The minimum absolute atomic E-state index is 0.0120. The van der Waals surface area contributed by atoms with E-state index in [4.69, 9.17) is 11.6 Å². The van der Waals surface area contributed by atoms with Gasteiger partial charge in [-0.25, -0.2) is 8.42 Å². The van der Waals surface area contributed by atoms with Gasteiger partial charge in [0.05, 0.1) is 10.5 Å². The number of aromatic nitrogens is 1. The van der Waals surface area contributed by atoms with Crippen LogP contribution in [0.3, 0.4) is 0 Å². The summed E-state index contributed by atoms with van der Waals surface area (Å²) in [5.41, 5.74) is -1.77. The van der Waals surface area contributed by atoms with Crippen molar-refractivity contribution in [2.75, 3.05) is 26.2 Å². The molecule has 7 nitrogen and oxygen atoms in total. The van der Waals surface area contributed by atoms with Crippen LogP contribution in [0.2, 0.25) is 5.02 Å². The van der Waals surface area contributed by atoms with Crippen LogP contribution >= 0.6 is 11.6 Å². The highest BCUT2D eigenvalue weighted by molar-refractivity contribution is 7.89. The van der Waals surface area contributed by atoms with E-state index in [9.17, 15) is 31.2 Å². The summed E-state index contributed by atoms with van der Waals surface area (Å²) in [4.78, 5) is 25.6. The van der Waals surface area contributed by atoms with E-state index < -0.39 is 39.8 Å². The van der Waals surface area contributed by atoms with E-state index >= 15 is 0 Å². The zero-order valence-electron chi connectivity index (χ0n) is 15.5. The number of carbonyl (C=O) groups excluding carboxylic acids is 1. The Kier molecular flexibility index (Phi) is 6.25. The molecule has 0 N–H and O–H groups in total. The molecule has 1 aromatic heterocycles. The average molecular weight is 464 g/mol. The Hall–Kier alpha value is -2.37. The van der Waals surface area contributed by atoms with Gasteiger partial charge in [-0.15, -0.1) is 0 Å². The highest BCUT2D eigenvalue weighted by Crippen LogP contribution is 2.28. The molecule has 0 radical (unpaired) electrons. The van der Waals surface area contributed by atoms with Crippen molar-refractivity contribution >= 4 is 27.5 Å². The van der Waals surface area contributed by atoms with Gasteiger partial charge in [0, 0.05) is 43.5 Å². The number of hydrogen-bond acceptors (Lipinski definition) is 4. The number of amides is 1. The number of hydrogen-bond donors (Lipinski definition) is 0. The molecule has 0 spiro atoms. The standard InChI is InChI=1S/C18H17ClF3N3O4S/c19-14-2-1-3-15(10-14)30(28,29)25-8-6-23(7-9-25)17(27)12-24-11-13(18(20,21)22)4-5-16(24)26/h1-5,10-11H,6-9,12H2. The molecule has 0 atom stereocenters. The highest BCUT2D eigenvalue weighted by Gasteiger charge is 2.32. The second-order valence-corrected chi connectivity index (χ2v) is 9.00. The van der Waals surface area contributed by atoms with Crippen molar-refractivity contribution in [2.24, 2.45) is 0 Å². The molecule has 1 fully saturated rings. The minimum Gasteiger partial charge on any atom is -0.339 e. The fourth-order valence-corrected chi connectivity index (χ4v) is 4.75. The predicted molar refractivity (Wildman–Crippen MR) is 102 cm³/mol. The summed E-state index contributed by atoms with van der Waals surface area (Å²) in [5.74, 6) is -0.573. The Morgan fingerprint density at radius 2 is 1.73 bits per heavy atom. The smallest absolute Gasteiger partial charge is 0.339 e. The van der Waals surface area contributed by atoms with Crippen molar-refractivity contribution in [3.63, 3.8) is 0 Å². The lowest BCUT2D eigenvalue weighted by Crippen LogP contribution is -2.51. The van der Waals surface area contributed by atoms with Crippen LogP contribution in [0.15, 0.2) is 52.3 Å². The van der Waals surface area contributed by atoms with Crippen LogP contribution in [-0.4, -0.2) is 54.3 Å². The van der Waals surface area contributed by atoms with Gasteiger partial charge >= 0.3 is 6.18 Å². The minimum atomic E-state index is -4.64. The highest BCUT2D eigenvalue weighted by atomic mass is 35.5.